The number of hydrogen-bond acceptors (Lipinski definition) is 16. The lowest BCUT2D eigenvalue weighted by atomic mass is 10.3. The van der Waals surface area contributed by atoms with Crippen molar-refractivity contribution in [1.82, 2.24) is 0 Å². The quantitative estimate of drug-likeness (QED) is 0.265. The summed E-state index contributed by atoms with van der Waals surface area (Å²) in [7, 11) is 1.32. The van der Waals surface area contributed by atoms with Crippen LogP contribution in [0.15, 0.2) is 0 Å². The van der Waals surface area contributed by atoms with Crippen molar-refractivity contribution in [2.24, 2.45) is 0 Å². The number of carbonyl (C=O) groups is 8. The molecule has 0 aromatic rings. The minimum atomic E-state index is -1.23. The molecule has 0 radical (unpaired) electrons. The highest BCUT2D eigenvalue weighted by Crippen LogP contribution is 2.10. The van der Waals surface area contributed by atoms with Gasteiger partial charge in [0.25, 0.3) is 0 Å². The molecule has 2 saturated heterocycles. The molecule has 0 bridgehead atoms. The fourth-order valence-electron chi connectivity index (χ4n) is 2.36. The summed E-state index contributed by atoms with van der Waals surface area (Å²) in [5, 5.41) is 0. The first-order valence-electron chi connectivity index (χ1n) is 12.8. The number of carbonyl (C=O) groups excluding carboxylic acids is 8. The average molecular weight is 607 g/mol. The summed E-state index contributed by atoms with van der Waals surface area (Å²) in [6.45, 7) is 12.6. The van der Waals surface area contributed by atoms with Gasteiger partial charge in [-0.15, -0.1) is 0 Å². The number of hydrogen-bond donors (Lipinski definition) is 0. The molecule has 0 aromatic carbocycles. The van der Waals surface area contributed by atoms with Crippen molar-refractivity contribution in [3.8, 4) is 0 Å². The third-order valence-corrected chi connectivity index (χ3v) is 5.30. The van der Waals surface area contributed by atoms with E-state index in [0.29, 0.717) is 0 Å². The van der Waals surface area contributed by atoms with Gasteiger partial charge in [-0.25, -0.2) is 33.6 Å². The number of Topliss-reactive ketones (excluding diaryl/α,β-unsaturated/α-hetero) is 1. The normalized spacial score (nSPS) is 24.0. The first-order chi connectivity index (χ1) is 19.3. The minimum Gasteiger partial charge on any atom is -0.452 e. The van der Waals surface area contributed by atoms with E-state index >= 15 is 0 Å². The molecule has 16 nitrogen and oxygen atoms in total. The molecule has 42 heavy (non-hydrogen) atoms. The van der Waals surface area contributed by atoms with E-state index in [-0.39, 0.29) is 5.78 Å². The van der Waals surface area contributed by atoms with Gasteiger partial charge in [0.05, 0.1) is 0 Å². The first-order valence-corrected chi connectivity index (χ1v) is 12.8. The number of methoxy groups -OCH3 is 1. The lowest BCUT2D eigenvalue weighted by Gasteiger charge is -2.22. The van der Waals surface area contributed by atoms with E-state index in [1.807, 2.05) is 0 Å². The van der Waals surface area contributed by atoms with Crippen LogP contribution < -0.4 is 0 Å². The van der Waals surface area contributed by atoms with E-state index < -0.39 is 90.6 Å². The van der Waals surface area contributed by atoms with Crippen LogP contribution in [0, 0.1) is 0 Å². The molecular formula is C26H38O16. The fraction of sp³-hybridized carbons (Fsp3) is 0.692. The Balaban J connectivity index is 0.000000687. The minimum absolute atomic E-state index is 0.331. The number of cyclic esters (lactones) is 4. The molecule has 0 aromatic heterocycles. The molecule has 0 N–H and O–H groups in total. The fourth-order valence-corrected chi connectivity index (χ4v) is 2.36. The van der Waals surface area contributed by atoms with Crippen molar-refractivity contribution in [1.29, 1.82) is 0 Å². The van der Waals surface area contributed by atoms with Crippen LogP contribution in [-0.2, 0) is 76.3 Å². The van der Waals surface area contributed by atoms with Gasteiger partial charge < -0.3 is 37.9 Å². The van der Waals surface area contributed by atoms with Crippen molar-refractivity contribution in [3.05, 3.63) is 0 Å². The average Bonchev–Trinajstić information content (AvgIpc) is 2.90. The van der Waals surface area contributed by atoms with E-state index in [9.17, 15) is 38.4 Å². The zero-order valence-corrected chi connectivity index (χ0v) is 25.2. The maximum absolute atomic E-state index is 11.7. The number of ketones is 1. The predicted molar refractivity (Wildman–Crippen MR) is 136 cm³/mol. The van der Waals surface area contributed by atoms with Crippen molar-refractivity contribution < 1.29 is 76.3 Å². The molecule has 0 amide bonds. The third-order valence-electron chi connectivity index (χ3n) is 5.30. The van der Waals surface area contributed by atoms with Crippen molar-refractivity contribution in [3.63, 3.8) is 0 Å². The Morgan fingerprint density at radius 2 is 0.762 bits per heavy atom. The molecule has 0 unspecified atom stereocenters. The summed E-state index contributed by atoms with van der Waals surface area (Å²) >= 11 is 0. The Morgan fingerprint density at radius 1 is 0.524 bits per heavy atom. The number of ether oxygens (including phenoxy) is 8. The molecule has 2 heterocycles. The molecular weight excluding hydrogens is 568 g/mol. The Bertz CT molecular complexity index is 940. The molecule has 0 spiro atoms. The molecule has 0 aliphatic carbocycles. The summed E-state index contributed by atoms with van der Waals surface area (Å²) in [4.78, 5) is 88.4. The lowest BCUT2D eigenvalue weighted by Crippen LogP contribution is -2.40. The molecule has 2 aliphatic heterocycles. The molecule has 2 fully saturated rings. The second kappa shape index (κ2) is 17.7. The maximum atomic E-state index is 11.7. The van der Waals surface area contributed by atoms with Crippen LogP contribution in [0.1, 0.15) is 62.3 Å². The standard InChI is InChI=1S/C14H22O8.2C6H8O4/c1-7(15)8(2)20-13(17)10(4)22-14(18)11(5)21-12(16)9(3)19-6;2*1-3-5(7)10-4(2)6(8)9-3/h8-11H,1-6H3;2*3-4H,1-2H3/t8-,9+,10-,11+;2*3-,4-/m110/s1. The van der Waals surface area contributed by atoms with E-state index in [1.54, 1.807) is 0 Å². The van der Waals surface area contributed by atoms with Crippen LogP contribution in [0.25, 0.3) is 0 Å². The number of rotatable bonds is 8. The highest BCUT2D eigenvalue weighted by molar-refractivity contribution is 5.88. The largest absolute Gasteiger partial charge is 0.452 e. The van der Waals surface area contributed by atoms with Gasteiger partial charge in [-0.1, -0.05) is 0 Å². The Kier molecular flexibility index (Phi) is 16.0. The van der Waals surface area contributed by atoms with Crippen molar-refractivity contribution in [2.45, 2.75) is 111 Å². The summed E-state index contributed by atoms with van der Waals surface area (Å²) in [6.07, 6.45) is -7.17. The molecule has 16 heteroatoms. The van der Waals surface area contributed by atoms with Gasteiger partial charge in [-0.3, -0.25) is 4.79 Å². The number of esters is 7. The second-order valence-electron chi connectivity index (χ2n) is 9.04. The molecule has 8 atom stereocenters. The van der Waals surface area contributed by atoms with E-state index in [1.165, 1.54) is 69.4 Å². The summed E-state index contributed by atoms with van der Waals surface area (Å²) in [5.41, 5.74) is 0. The van der Waals surface area contributed by atoms with Gasteiger partial charge in [0.2, 0.25) is 0 Å². The molecule has 238 valence electrons. The maximum Gasteiger partial charge on any atom is 0.347 e. The summed E-state index contributed by atoms with van der Waals surface area (Å²) < 4.78 is 37.6. The highest BCUT2D eigenvalue weighted by atomic mass is 16.7. The lowest BCUT2D eigenvalue weighted by molar-refractivity contribution is -0.191. The van der Waals surface area contributed by atoms with Gasteiger partial charge in [-0.2, -0.15) is 0 Å². The van der Waals surface area contributed by atoms with Crippen LogP contribution in [0.2, 0.25) is 0 Å². The predicted octanol–water partition coefficient (Wildman–Crippen LogP) is 0.132. The highest BCUT2D eigenvalue weighted by Gasteiger charge is 2.33. The molecule has 2 aliphatic rings. The molecule has 0 saturated carbocycles. The van der Waals surface area contributed by atoms with Crippen LogP contribution in [0.5, 0.6) is 0 Å². The monoisotopic (exact) mass is 606 g/mol. The van der Waals surface area contributed by atoms with E-state index in [2.05, 4.69) is 18.9 Å². The van der Waals surface area contributed by atoms with Crippen molar-refractivity contribution >= 4 is 47.6 Å². The van der Waals surface area contributed by atoms with Gasteiger partial charge in [0.1, 0.15) is 0 Å². The zero-order chi connectivity index (χ0) is 32.9. The van der Waals surface area contributed by atoms with E-state index in [0.717, 1.165) is 0 Å². The Hall–Kier alpha value is -4.08. The van der Waals surface area contributed by atoms with Gasteiger partial charge in [0.15, 0.2) is 54.6 Å². The van der Waals surface area contributed by atoms with Crippen LogP contribution in [0.4, 0.5) is 0 Å². The van der Waals surface area contributed by atoms with Gasteiger partial charge in [0, 0.05) is 7.11 Å². The Morgan fingerprint density at radius 3 is 1.00 bits per heavy atom. The van der Waals surface area contributed by atoms with Crippen LogP contribution in [0.3, 0.4) is 0 Å². The third kappa shape index (κ3) is 13.1. The first kappa shape index (κ1) is 37.9. The van der Waals surface area contributed by atoms with Gasteiger partial charge in [-0.05, 0) is 62.3 Å². The summed E-state index contributed by atoms with van der Waals surface area (Å²) in [6, 6.07) is 0. The zero-order valence-electron chi connectivity index (χ0n) is 25.2. The summed E-state index contributed by atoms with van der Waals surface area (Å²) in [5.74, 6) is -4.75. The smallest absolute Gasteiger partial charge is 0.347 e. The van der Waals surface area contributed by atoms with Crippen LogP contribution in [-0.4, -0.2) is 104 Å². The van der Waals surface area contributed by atoms with Gasteiger partial charge >= 0.3 is 41.8 Å². The van der Waals surface area contributed by atoms with Crippen LogP contribution >= 0.6 is 0 Å². The topological polar surface area (TPSA) is 210 Å². The SMILES string of the molecule is CO[C@@H](C)C(=O)O[C@@H](C)C(=O)O[C@H](C)C(=O)O[C@H](C)C(C)=O.C[C@@H]1OC(=O)[C@H](C)OC1=O.C[C@H]1OC(=O)[C@@H](C)OC1=O. The second-order valence-corrected chi connectivity index (χ2v) is 9.04. The van der Waals surface area contributed by atoms with Crippen molar-refractivity contribution in [2.75, 3.05) is 7.11 Å². The van der Waals surface area contributed by atoms with E-state index in [4.69, 9.17) is 18.9 Å². The molecule has 2 rings (SSSR count). The Labute approximate surface area is 242 Å².